The van der Waals surface area contributed by atoms with Crippen LogP contribution in [0.25, 0.3) is 0 Å². The smallest absolute Gasteiger partial charge is 0.226 e. The third kappa shape index (κ3) is 3.66. The van der Waals surface area contributed by atoms with Gasteiger partial charge in [-0.25, -0.2) is 4.98 Å². The molecule has 0 bridgehead atoms. The molecule has 1 atom stereocenters. The number of aryl methyl sites for hydroxylation is 1. The van der Waals surface area contributed by atoms with Gasteiger partial charge in [-0.05, 0) is 32.2 Å². The molecular weight excluding hydrogens is 288 g/mol. The van der Waals surface area contributed by atoms with Crippen LogP contribution in [-0.2, 0) is 11.8 Å². The lowest BCUT2D eigenvalue weighted by Gasteiger charge is -2.40. The van der Waals surface area contributed by atoms with Crippen molar-refractivity contribution in [2.45, 2.75) is 45.1 Å². The number of hydrogen-bond donors (Lipinski definition) is 0. The molecule has 5 nitrogen and oxygen atoms in total. The van der Waals surface area contributed by atoms with E-state index in [-0.39, 0.29) is 11.9 Å². The van der Waals surface area contributed by atoms with E-state index in [1.54, 1.807) is 0 Å². The van der Waals surface area contributed by atoms with Gasteiger partial charge in [0, 0.05) is 45.5 Å². The summed E-state index contributed by atoms with van der Waals surface area (Å²) in [6.07, 6.45) is 11.5. The first kappa shape index (κ1) is 16.2. The molecule has 1 aromatic rings. The van der Waals surface area contributed by atoms with Gasteiger partial charge in [-0.1, -0.05) is 18.6 Å². The van der Waals surface area contributed by atoms with E-state index in [1.165, 1.54) is 18.4 Å². The van der Waals surface area contributed by atoms with Crippen LogP contribution in [0, 0.1) is 0 Å². The normalized spacial score (nSPS) is 23.0. The molecular formula is C18H28N4O. The number of nitrogens with zero attached hydrogens (tertiary/aromatic N) is 4. The molecule has 1 fully saturated rings. The highest BCUT2D eigenvalue weighted by molar-refractivity contribution is 5.79. The molecule has 1 amide bonds. The van der Waals surface area contributed by atoms with Crippen LogP contribution in [0.1, 0.15) is 50.9 Å². The summed E-state index contributed by atoms with van der Waals surface area (Å²) in [6.45, 7) is 5.69. The number of likely N-dealkylation sites (N-methyl/N-ethyl adjacent to an activating group) is 1. The summed E-state index contributed by atoms with van der Waals surface area (Å²) in [4.78, 5) is 21.7. The molecule has 0 spiro atoms. The molecule has 0 saturated carbocycles. The average molecular weight is 316 g/mol. The van der Waals surface area contributed by atoms with Crippen molar-refractivity contribution in [2.75, 3.05) is 26.2 Å². The maximum Gasteiger partial charge on any atom is 0.226 e. The summed E-state index contributed by atoms with van der Waals surface area (Å²) in [5.74, 6) is 1.34. The highest BCUT2D eigenvalue weighted by atomic mass is 16.2. The second-order valence-electron chi connectivity index (χ2n) is 6.67. The Labute approximate surface area is 139 Å². The van der Waals surface area contributed by atoms with Gasteiger partial charge in [-0.2, -0.15) is 0 Å². The molecule has 3 rings (SSSR count). The van der Waals surface area contributed by atoms with Gasteiger partial charge >= 0.3 is 0 Å². The first-order chi connectivity index (χ1) is 11.2. The van der Waals surface area contributed by atoms with E-state index in [2.05, 4.69) is 27.5 Å². The number of carbonyl (C=O) groups excluding carboxylic acids is 1. The maximum atomic E-state index is 12.7. The first-order valence-electron chi connectivity index (χ1n) is 8.86. The van der Waals surface area contributed by atoms with Gasteiger partial charge in [0.2, 0.25) is 5.91 Å². The van der Waals surface area contributed by atoms with Crippen molar-refractivity contribution in [2.24, 2.45) is 7.05 Å². The zero-order valence-corrected chi connectivity index (χ0v) is 14.4. The number of allylic oxidation sites excluding steroid dienone is 1. The molecule has 0 radical (unpaired) electrons. The number of imidazole rings is 1. The fraction of sp³-hybridized carbons (Fsp3) is 0.667. The van der Waals surface area contributed by atoms with E-state index >= 15 is 0 Å². The summed E-state index contributed by atoms with van der Waals surface area (Å²) in [6, 6.07) is 0.207. The molecule has 5 heteroatoms. The van der Waals surface area contributed by atoms with E-state index in [1.807, 2.05) is 24.3 Å². The Kier molecular flexibility index (Phi) is 5.16. The largest absolute Gasteiger partial charge is 0.339 e. The topological polar surface area (TPSA) is 41.4 Å². The molecule has 1 aliphatic carbocycles. The third-order valence-corrected chi connectivity index (χ3v) is 5.17. The van der Waals surface area contributed by atoms with Gasteiger partial charge in [0.05, 0.1) is 6.04 Å². The van der Waals surface area contributed by atoms with Crippen molar-refractivity contribution in [1.29, 1.82) is 0 Å². The maximum absolute atomic E-state index is 12.7. The minimum Gasteiger partial charge on any atom is -0.339 e. The third-order valence-electron chi connectivity index (χ3n) is 5.17. The van der Waals surface area contributed by atoms with Crippen LogP contribution in [0.2, 0.25) is 0 Å². The van der Waals surface area contributed by atoms with E-state index in [9.17, 15) is 4.79 Å². The van der Waals surface area contributed by atoms with Crippen LogP contribution >= 0.6 is 0 Å². The molecule has 1 saturated heterocycles. The van der Waals surface area contributed by atoms with Crippen LogP contribution < -0.4 is 0 Å². The SMILES string of the molecule is CCN1CCN(C(=O)CC2=CCCCC2)C[C@H]1c1nccn1C. The van der Waals surface area contributed by atoms with Crippen molar-refractivity contribution >= 4 is 5.91 Å². The minimum atomic E-state index is 0.207. The van der Waals surface area contributed by atoms with Crippen molar-refractivity contribution in [3.63, 3.8) is 0 Å². The Bertz CT molecular complexity index is 577. The fourth-order valence-corrected chi connectivity index (χ4v) is 3.74. The summed E-state index contributed by atoms with van der Waals surface area (Å²) >= 11 is 0. The lowest BCUT2D eigenvalue weighted by Crippen LogP contribution is -2.51. The zero-order valence-electron chi connectivity index (χ0n) is 14.4. The predicted molar refractivity (Wildman–Crippen MR) is 90.9 cm³/mol. The Morgan fingerprint density at radius 3 is 2.87 bits per heavy atom. The van der Waals surface area contributed by atoms with E-state index in [4.69, 9.17) is 0 Å². The van der Waals surface area contributed by atoms with Crippen LogP contribution in [0.5, 0.6) is 0 Å². The first-order valence-corrected chi connectivity index (χ1v) is 8.86. The summed E-state index contributed by atoms with van der Waals surface area (Å²) < 4.78 is 2.07. The summed E-state index contributed by atoms with van der Waals surface area (Å²) in [5.41, 5.74) is 1.34. The lowest BCUT2D eigenvalue weighted by molar-refractivity contribution is -0.133. The lowest BCUT2D eigenvalue weighted by atomic mass is 9.96. The molecule has 2 heterocycles. The van der Waals surface area contributed by atoms with Gasteiger partial charge in [0.15, 0.2) is 0 Å². The average Bonchev–Trinajstić information content (AvgIpc) is 3.01. The van der Waals surface area contributed by atoms with Crippen molar-refractivity contribution in [1.82, 2.24) is 19.4 Å². The molecule has 1 aromatic heterocycles. The van der Waals surface area contributed by atoms with Crippen LogP contribution in [0.3, 0.4) is 0 Å². The second kappa shape index (κ2) is 7.30. The zero-order chi connectivity index (χ0) is 16.2. The number of rotatable bonds is 4. The van der Waals surface area contributed by atoms with Gasteiger partial charge in [0.1, 0.15) is 5.82 Å². The Hall–Kier alpha value is -1.62. The van der Waals surface area contributed by atoms with Gasteiger partial charge in [-0.15, -0.1) is 0 Å². The molecule has 2 aliphatic rings. The van der Waals surface area contributed by atoms with Crippen LogP contribution in [0.4, 0.5) is 0 Å². The monoisotopic (exact) mass is 316 g/mol. The molecule has 0 unspecified atom stereocenters. The van der Waals surface area contributed by atoms with Gasteiger partial charge in [0.25, 0.3) is 0 Å². The quantitative estimate of drug-likeness (QED) is 0.802. The molecule has 0 aromatic carbocycles. The van der Waals surface area contributed by atoms with Gasteiger partial charge < -0.3 is 9.47 Å². The molecule has 0 N–H and O–H groups in total. The number of amides is 1. The number of aromatic nitrogens is 2. The van der Waals surface area contributed by atoms with Gasteiger partial charge in [-0.3, -0.25) is 9.69 Å². The number of carbonyl (C=O) groups is 1. The Balaban J connectivity index is 1.68. The summed E-state index contributed by atoms with van der Waals surface area (Å²) in [5, 5.41) is 0. The number of hydrogen-bond acceptors (Lipinski definition) is 3. The number of piperazine rings is 1. The molecule has 1 aliphatic heterocycles. The summed E-state index contributed by atoms with van der Waals surface area (Å²) in [7, 11) is 2.03. The van der Waals surface area contributed by atoms with Crippen LogP contribution in [-0.4, -0.2) is 51.4 Å². The fourth-order valence-electron chi connectivity index (χ4n) is 3.74. The molecule has 23 heavy (non-hydrogen) atoms. The standard InChI is InChI=1S/C18H28N4O/c1-3-21-11-12-22(14-16(21)18-19-9-10-20(18)2)17(23)13-15-7-5-4-6-8-15/h7,9-10,16H,3-6,8,11-14H2,1-2H3/t16-/m0/s1. The predicted octanol–water partition coefficient (Wildman–Crippen LogP) is 2.52. The van der Waals surface area contributed by atoms with Crippen molar-refractivity contribution < 1.29 is 4.79 Å². The van der Waals surface area contributed by atoms with E-state index in [0.29, 0.717) is 6.42 Å². The van der Waals surface area contributed by atoms with Crippen molar-refractivity contribution in [3.05, 3.63) is 29.9 Å². The Morgan fingerprint density at radius 1 is 1.35 bits per heavy atom. The Morgan fingerprint density at radius 2 is 2.22 bits per heavy atom. The highest BCUT2D eigenvalue weighted by Gasteiger charge is 2.32. The second-order valence-corrected chi connectivity index (χ2v) is 6.67. The molecule has 126 valence electrons. The van der Waals surface area contributed by atoms with Crippen molar-refractivity contribution in [3.8, 4) is 0 Å². The van der Waals surface area contributed by atoms with E-state index < -0.39 is 0 Å². The minimum absolute atomic E-state index is 0.207. The van der Waals surface area contributed by atoms with E-state index in [0.717, 1.165) is 44.8 Å². The highest BCUT2D eigenvalue weighted by Crippen LogP contribution is 2.26. The van der Waals surface area contributed by atoms with Crippen LogP contribution in [0.15, 0.2) is 24.0 Å².